The molecule has 0 unspecified atom stereocenters. The molecule has 3 N–H and O–H groups in total. The van der Waals surface area contributed by atoms with Crippen LogP contribution in [0.1, 0.15) is 39.9 Å². The monoisotopic (exact) mass is 412 g/mol. The summed E-state index contributed by atoms with van der Waals surface area (Å²) >= 11 is 0. The van der Waals surface area contributed by atoms with E-state index in [0.29, 0.717) is 30.9 Å². The number of nitrogens with zero attached hydrogens (tertiary/aromatic N) is 2. The largest absolute Gasteiger partial charge is 0.352 e. The third-order valence-electron chi connectivity index (χ3n) is 4.71. The number of amides is 1. The molecule has 0 radical (unpaired) electrons. The molecule has 0 bridgehead atoms. The number of rotatable bonds is 8. The Bertz CT molecular complexity index is 917. The predicted octanol–water partition coefficient (Wildman–Crippen LogP) is 4.11. The second-order valence-electron chi connectivity index (χ2n) is 7.19. The van der Waals surface area contributed by atoms with Gasteiger partial charge in [-0.1, -0.05) is 59.7 Å². The number of carbonyl (C=O) groups is 1. The van der Waals surface area contributed by atoms with E-state index in [4.69, 9.17) is 10.8 Å². The minimum absolute atomic E-state index is 0. The summed E-state index contributed by atoms with van der Waals surface area (Å²) in [4.78, 5) is 12.8. The summed E-state index contributed by atoms with van der Waals surface area (Å²) in [5.74, 6) is -0.0947. The summed E-state index contributed by atoms with van der Waals surface area (Å²) in [5, 5.41) is 7.72. The van der Waals surface area contributed by atoms with Crippen LogP contribution in [0.15, 0.2) is 54.7 Å². The van der Waals surface area contributed by atoms with Crippen molar-refractivity contribution in [3.05, 3.63) is 77.0 Å². The van der Waals surface area contributed by atoms with Crippen LogP contribution in [0.4, 0.5) is 0 Å². The van der Waals surface area contributed by atoms with Gasteiger partial charge >= 0.3 is 0 Å². The van der Waals surface area contributed by atoms with Crippen LogP contribution < -0.4 is 11.1 Å². The molecule has 0 saturated carbocycles. The highest BCUT2D eigenvalue weighted by Crippen LogP contribution is 2.23. The lowest BCUT2D eigenvalue weighted by Gasteiger charge is -2.05. The lowest BCUT2D eigenvalue weighted by molar-refractivity contribution is 0.0953. The number of hydrogen-bond acceptors (Lipinski definition) is 3. The van der Waals surface area contributed by atoms with Crippen molar-refractivity contribution in [3.8, 4) is 11.3 Å². The first kappa shape index (κ1) is 22.7. The maximum absolute atomic E-state index is 12.8. The van der Waals surface area contributed by atoms with Crippen LogP contribution in [0.25, 0.3) is 11.3 Å². The topological polar surface area (TPSA) is 72.9 Å². The van der Waals surface area contributed by atoms with Crippen molar-refractivity contribution in [1.82, 2.24) is 15.1 Å². The zero-order valence-corrected chi connectivity index (χ0v) is 17.8. The number of nitrogens with two attached hydrogens (primary N) is 1. The SMILES string of the molecule is Cc1ccc(Cn2cc(C(=O)NCCCCN)c(-c3ccc(C)cc3)n2)cc1.Cl. The fourth-order valence-electron chi connectivity index (χ4n) is 3.04. The van der Waals surface area contributed by atoms with Gasteiger partial charge in [0.2, 0.25) is 0 Å². The van der Waals surface area contributed by atoms with Gasteiger partial charge in [-0.2, -0.15) is 5.10 Å². The normalized spacial score (nSPS) is 10.4. The van der Waals surface area contributed by atoms with E-state index in [1.54, 1.807) is 0 Å². The number of aromatic nitrogens is 2. The first-order valence-corrected chi connectivity index (χ1v) is 9.75. The molecule has 0 aliphatic carbocycles. The van der Waals surface area contributed by atoms with Gasteiger partial charge in [-0.25, -0.2) is 0 Å². The summed E-state index contributed by atoms with van der Waals surface area (Å²) < 4.78 is 1.84. The highest BCUT2D eigenvalue weighted by Gasteiger charge is 2.18. The van der Waals surface area contributed by atoms with Crippen LogP contribution in [-0.4, -0.2) is 28.8 Å². The number of hydrogen-bond donors (Lipinski definition) is 2. The Hall–Kier alpha value is -2.63. The van der Waals surface area contributed by atoms with Gasteiger partial charge in [-0.3, -0.25) is 9.48 Å². The van der Waals surface area contributed by atoms with Crippen molar-refractivity contribution >= 4 is 18.3 Å². The first-order chi connectivity index (χ1) is 13.6. The molecule has 0 aliphatic heterocycles. The smallest absolute Gasteiger partial charge is 0.255 e. The number of unbranched alkanes of at least 4 members (excludes halogenated alkanes) is 1. The Morgan fingerprint density at radius 3 is 2.24 bits per heavy atom. The molecule has 0 fully saturated rings. The average molecular weight is 413 g/mol. The van der Waals surface area contributed by atoms with Crippen LogP contribution in [-0.2, 0) is 6.54 Å². The van der Waals surface area contributed by atoms with Crippen molar-refractivity contribution < 1.29 is 4.79 Å². The van der Waals surface area contributed by atoms with E-state index >= 15 is 0 Å². The third kappa shape index (κ3) is 6.17. The van der Waals surface area contributed by atoms with Crippen LogP contribution in [0.3, 0.4) is 0 Å². The molecule has 1 amide bonds. The lowest BCUT2D eigenvalue weighted by Crippen LogP contribution is -2.25. The number of benzene rings is 2. The van der Waals surface area contributed by atoms with E-state index in [9.17, 15) is 4.79 Å². The standard InChI is InChI=1S/C23H28N4O.ClH/c1-17-5-9-19(10-6-17)15-27-16-21(23(28)25-14-4-3-13-24)22(26-27)20-11-7-18(2)8-12-20;/h5-12,16H,3-4,13-15,24H2,1-2H3,(H,25,28);1H. The maximum Gasteiger partial charge on any atom is 0.255 e. The molecule has 1 aromatic heterocycles. The summed E-state index contributed by atoms with van der Waals surface area (Å²) in [6, 6.07) is 16.5. The molecule has 2 aromatic carbocycles. The van der Waals surface area contributed by atoms with Crippen LogP contribution in [0.5, 0.6) is 0 Å². The molecule has 29 heavy (non-hydrogen) atoms. The molecular weight excluding hydrogens is 384 g/mol. The Kier molecular flexibility index (Phi) is 8.43. The number of halogens is 1. The van der Waals surface area contributed by atoms with Crippen molar-refractivity contribution in [2.24, 2.45) is 5.73 Å². The van der Waals surface area contributed by atoms with Gasteiger partial charge in [-0.05, 0) is 38.8 Å². The minimum Gasteiger partial charge on any atom is -0.352 e. The Labute approximate surface area is 178 Å². The molecule has 3 aromatic rings. The molecule has 0 spiro atoms. The zero-order chi connectivity index (χ0) is 19.9. The van der Waals surface area contributed by atoms with Crippen LogP contribution in [0.2, 0.25) is 0 Å². The Morgan fingerprint density at radius 2 is 1.62 bits per heavy atom. The van der Waals surface area contributed by atoms with Gasteiger partial charge < -0.3 is 11.1 Å². The molecular formula is C23H29ClN4O. The van der Waals surface area contributed by atoms with Crippen molar-refractivity contribution in [2.45, 2.75) is 33.2 Å². The van der Waals surface area contributed by atoms with E-state index in [0.717, 1.165) is 24.0 Å². The molecule has 154 valence electrons. The summed E-state index contributed by atoms with van der Waals surface area (Å²) in [7, 11) is 0. The Balaban J connectivity index is 0.00000300. The van der Waals surface area contributed by atoms with Crippen molar-refractivity contribution in [2.75, 3.05) is 13.1 Å². The van der Waals surface area contributed by atoms with Crippen LogP contribution >= 0.6 is 12.4 Å². The third-order valence-corrected chi connectivity index (χ3v) is 4.71. The van der Waals surface area contributed by atoms with Gasteiger partial charge in [0.05, 0.1) is 12.1 Å². The summed E-state index contributed by atoms with van der Waals surface area (Å²) in [6.45, 7) is 6.00. The summed E-state index contributed by atoms with van der Waals surface area (Å²) in [6.07, 6.45) is 3.62. The second kappa shape index (κ2) is 10.8. The molecule has 0 saturated heterocycles. The van der Waals surface area contributed by atoms with Crippen molar-refractivity contribution in [3.63, 3.8) is 0 Å². The predicted molar refractivity (Wildman–Crippen MR) is 121 cm³/mol. The second-order valence-corrected chi connectivity index (χ2v) is 7.19. The minimum atomic E-state index is -0.0947. The molecule has 6 heteroatoms. The van der Waals surface area contributed by atoms with E-state index in [1.165, 1.54) is 11.1 Å². The molecule has 5 nitrogen and oxygen atoms in total. The molecule has 0 atom stereocenters. The van der Waals surface area contributed by atoms with Gasteiger partial charge in [0.15, 0.2) is 0 Å². The van der Waals surface area contributed by atoms with Crippen molar-refractivity contribution in [1.29, 1.82) is 0 Å². The molecule has 3 rings (SSSR count). The Morgan fingerprint density at radius 1 is 1.00 bits per heavy atom. The first-order valence-electron chi connectivity index (χ1n) is 9.75. The average Bonchev–Trinajstić information content (AvgIpc) is 3.11. The molecule has 1 heterocycles. The summed E-state index contributed by atoms with van der Waals surface area (Å²) in [5.41, 5.74) is 11.3. The molecule has 0 aliphatic rings. The van der Waals surface area contributed by atoms with E-state index in [-0.39, 0.29) is 18.3 Å². The fourth-order valence-corrected chi connectivity index (χ4v) is 3.04. The van der Waals surface area contributed by atoms with Gasteiger partial charge in [0.1, 0.15) is 5.69 Å². The maximum atomic E-state index is 12.8. The number of nitrogens with one attached hydrogen (secondary N) is 1. The van der Waals surface area contributed by atoms with Gasteiger partial charge in [0, 0.05) is 18.3 Å². The number of aryl methyl sites for hydroxylation is 2. The van der Waals surface area contributed by atoms with Crippen LogP contribution in [0, 0.1) is 13.8 Å². The van der Waals surface area contributed by atoms with E-state index < -0.39 is 0 Å². The quantitative estimate of drug-likeness (QED) is 0.547. The van der Waals surface area contributed by atoms with E-state index in [2.05, 4.69) is 36.5 Å². The number of carbonyl (C=O) groups excluding carboxylic acids is 1. The van der Waals surface area contributed by atoms with E-state index in [1.807, 2.05) is 42.1 Å². The highest BCUT2D eigenvalue weighted by molar-refractivity contribution is 5.99. The highest BCUT2D eigenvalue weighted by atomic mass is 35.5. The zero-order valence-electron chi connectivity index (χ0n) is 17.0. The van der Waals surface area contributed by atoms with Gasteiger partial charge in [0.25, 0.3) is 5.91 Å². The lowest BCUT2D eigenvalue weighted by atomic mass is 10.1. The van der Waals surface area contributed by atoms with Gasteiger partial charge in [-0.15, -0.1) is 12.4 Å². The fraction of sp³-hybridized carbons (Fsp3) is 0.304.